The van der Waals surface area contributed by atoms with Gasteiger partial charge in [-0.15, -0.1) is 0 Å². The van der Waals surface area contributed by atoms with Crippen molar-refractivity contribution in [3.05, 3.63) is 11.6 Å². The topological polar surface area (TPSA) is 56.7 Å². The molecule has 0 saturated heterocycles. The van der Waals surface area contributed by atoms with Crippen molar-refractivity contribution in [2.24, 2.45) is 12.8 Å². The van der Waals surface area contributed by atoms with Gasteiger partial charge in [0.1, 0.15) is 5.82 Å². The van der Waals surface area contributed by atoms with Gasteiger partial charge in [-0.05, 0) is 6.42 Å². The Morgan fingerprint density at radius 1 is 1.43 bits per heavy atom. The molecule has 1 rings (SSSR count). The summed E-state index contributed by atoms with van der Waals surface area (Å²) in [5.74, 6) is 2.64. The zero-order chi connectivity index (χ0) is 10.7. The summed E-state index contributed by atoms with van der Waals surface area (Å²) in [4.78, 5) is 4.52. The van der Waals surface area contributed by atoms with Crippen LogP contribution in [0.15, 0.2) is 0 Å². The number of hydrogen-bond acceptors (Lipinski definition) is 3. The lowest BCUT2D eigenvalue weighted by molar-refractivity contribution is 0.579. The summed E-state index contributed by atoms with van der Waals surface area (Å²) >= 11 is 0. The van der Waals surface area contributed by atoms with Gasteiger partial charge in [-0.25, -0.2) is 4.98 Å². The van der Waals surface area contributed by atoms with E-state index in [4.69, 9.17) is 5.73 Å². The molecule has 14 heavy (non-hydrogen) atoms. The van der Waals surface area contributed by atoms with Crippen molar-refractivity contribution < 1.29 is 0 Å². The zero-order valence-corrected chi connectivity index (χ0v) is 9.49. The molecule has 1 unspecified atom stereocenters. The summed E-state index contributed by atoms with van der Waals surface area (Å²) in [6, 6.07) is 0. The van der Waals surface area contributed by atoms with Crippen LogP contribution in [0.4, 0.5) is 0 Å². The summed E-state index contributed by atoms with van der Waals surface area (Å²) in [6.07, 6.45) is 1.01. The summed E-state index contributed by atoms with van der Waals surface area (Å²) in [7, 11) is 1.94. The Labute approximate surface area is 85.5 Å². The number of hydrogen-bond donors (Lipinski definition) is 1. The molecule has 0 amide bonds. The van der Waals surface area contributed by atoms with E-state index in [9.17, 15) is 0 Å². The Hall–Kier alpha value is -0.900. The fraction of sp³-hybridized carbons (Fsp3) is 0.800. The molecule has 4 heteroatoms. The predicted octanol–water partition coefficient (Wildman–Crippen LogP) is 1.39. The normalized spacial score (nSPS) is 13.6. The first-order valence-corrected chi connectivity index (χ1v) is 5.21. The maximum absolute atomic E-state index is 5.69. The molecule has 1 aromatic heterocycles. The number of rotatable bonds is 4. The van der Waals surface area contributed by atoms with Crippen LogP contribution in [0.3, 0.4) is 0 Å². The van der Waals surface area contributed by atoms with E-state index in [-0.39, 0.29) is 0 Å². The van der Waals surface area contributed by atoms with Crippen LogP contribution in [0.5, 0.6) is 0 Å². The van der Waals surface area contributed by atoms with Crippen molar-refractivity contribution in [2.45, 2.75) is 39.0 Å². The molecule has 0 bridgehead atoms. The molecule has 2 N–H and O–H groups in total. The largest absolute Gasteiger partial charge is 0.330 e. The second kappa shape index (κ2) is 4.55. The van der Waals surface area contributed by atoms with Crippen LogP contribution in [-0.4, -0.2) is 21.3 Å². The number of nitrogens with two attached hydrogens (primary N) is 1. The molecule has 0 aromatic carbocycles. The van der Waals surface area contributed by atoms with E-state index in [0.717, 1.165) is 18.1 Å². The van der Waals surface area contributed by atoms with Gasteiger partial charge < -0.3 is 5.73 Å². The van der Waals surface area contributed by atoms with Gasteiger partial charge >= 0.3 is 0 Å². The van der Waals surface area contributed by atoms with Gasteiger partial charge in [0.2, 0.25) is 0 Å². The summed E-state index contributed by atoms with van der Waals surface area (Å²) in [5.41, 5.74) is 5.69. The average molecular weight is 196 g/mol. The Bertz CT molecular complexity index is 286. The van der Waals surface area contributed by atoms with Crippen LogP contribution < -0.4 is 5.73 Å². The van der Waals surface area contributed by atoms with Crippen LogP contribution in [0.2, 0.25) is 0 Å². The minimum atomic E-state index is 0.333. The third kappa shape index (κ3) is 2.12. The molecule has 0 radical (unpaired) electrons. The lowest BCUT2D eigenvalue weighted by Crippen LogP contribution is -2.16. The van der Waals surface area contributed by atoms with Crippen molar-refractivity contribution in [1.29, 1.82) is 0 Å². The molecule has 1 heterocycles. The molecule has 0 fully saturated rings. The molecule has 1 aromatic rings. The van der Waals surface area contributed by atoms with Gasteiger partial charge in [0, 0.05) is 25.4 Å². The summed E-state index contributed by atoms with van der Waals surface area (Å²) in [5, 5.41) is 4.38. The van der Waals surface area contributed by atoms with Gasteiger partial charge in [0.05, 0.1) is 0 Å². The van der Waals surface area contributed by atoms with Crippen LogP contribution in [0, 0.1) is 0 Å². The first kappa shape index (κ1) is 11.2. The Morgan fingerprint density at radius 2 is 2.07 bits per heavy atom. The fourth-order valence-electron chi connectivity index (χ4n) is 1.47. The van der Waals surface area contributed by atoms with Crippen molar-refractivity contribution in [1.82, 2.24) is 14.8 Å². The Kier molecular flexibility index (Phi) is 3.63. The minimum Gasteiger partial charge on any atom is -0.330 e. The van der Waals surface area contributed by atoms with Gasteiger partial charge in [-0.2, -0.15) is 5.10 Å². The fourth-order valence-corrected chi connectivity index (χ4v) is 1.47. The van der Waals surface area contributed by atoms with Gasteiger partial charge in [0.15, 0.2) is 5.82 Å². The first-order valence-electron chi connectivity index (χ1n) is 5.21. The number of nitrogens with zero attached hydrogens (tertiary/aromatic N) is 3. The first-order chi connectivity index (χ1) is 6.60. The van der Waals surface area contributed by atoms with E-state index < -0.39 is 0 Å². The lowest BCUT2D eigenvalue weighted by Gasteiger charge is -2.09. The Balaban J connectivity index is 2.96. The number of aromatic nitrogens is 3. The molecular weight excluding hydrogens is 176 g/mol. The van der Waals surface area contributed by atoms with Crippen LogP contribution >= 0.6 is 0 Å². The SMILES string of the molecule is CCC(CN)c1nc(C(C)C)nn1C. The third-order valence-electron chi connectivity index (χ3n) is 2.47. The van der Waals surface area contributed by atoms with E-state index in [0.29, 0.717) is 18.4 Å². The monoisotopic (exact) mass is 196 g/mol. The molecule has 4 nitrogen and oxygen atoms in total. The van der Waals surface area contributed by atoms with E-state index in [1.54, 1.807) is 0 Å². The second-order valence-corrected chi connectivity index (χ2v) is 3.95. The Morgan fingerprint density at radius 3 is 2.43 bits per heavy atom. The van der Waals surface area contributed by atoms with E-state index >= 15 is 0 Å². The number of aryl methyl sites for hydroxylation is 1. The minimum absolute atomic E-state index is 0.333. The highest BCUT2D eigenvalue weighted by Gasteiger charge is 2.16. The maximum atomic E-state index is 5.69. The maximum Gasteiger partial charge on any atom is 0.153 e. The van der Waals surface area contributed by atoms with Crippen LogP contribution in [0.1, 0.15) is 50.7 Å². The lowest BCUT2D eigenvalue weighted by atomic mass is 10.1. The van der Waals surface area contributed by atoms with Crippen molar-refractivity contribution in [3.63, 3.8) is 0 Å². The summed E-state index contributed by atoms with van der Waals surface area (Å²) in [6.45, 7) is 6.97. The summed E-state index contributed by atoms with van der Waals surface area (Å²) < 4.78 is 1.86. The molecule has 0 aliphatic heterocycles. The molecule has 80 valence electrons. The third-order valence-corrected chi connectivity index (χ3v) is 2.47. The van der Waals surface area contributed by atoms with Crippen LogP contribution in [0.25, 0.3) is 0 Å². The highest BCUT2D eigenvalue weighted by molar-refractivity contribution is 5.02. The quantitative estimate of drug-likeness (QED) is 0.791. The molecule has 0 aliphatic rings. The molecule has 0 saturated carbocycles. The second-order valence-electron chi connectivity index (χ2n) is 3.95. The predicted molar refractivity (Wildman–Crippen MR) is 57.2 cm³/mol. The molecule has 1 atom stereocenters. The molecule has 0 spiro atoms. The standard InChI is InChI=1S/C10H20N4/c1-5-8(6-11)10-12-9(7(2)3)13-14(10)4/h7-8H,5-6,11H2,1-4H3. The van der Waals surface area contributed by atoms with Gasteiger partial charge in [-0.1, -0.05) is 20.8 Å². The van der Waals surface area contributed by atoms with E-state index in [1.807, 2.05) is 11.7 Å². The van der Waals surface area contributed by atoms with E-state index in [1.165, 1.54) is 0 Å². The average Bonchev–Trinajstić information content (AvgIpc) is 2.51. The highest BCUT2D eigenvalue weighted by atomic mass is 15.3. The molecular formula is C10H20N4. The van der Waals surface area contributed by atoms with Gasteiger partial charge in [0.25, 0.3) is 0 Å². The smallest absolute Gasteiger partial charge is 0.153 e. The molecule has 0 aliphatic carbocycles. The zero-order valence-electron chi connectivity index (χ0n) is 9.49. The van der Waals surface area contributed by atoms with Crippen molar-refractivity contribution in [2.75, 3.05) is 6.54 Å². The van der Waals surface area contributed by atoms with Crippen molar-refractivity contribution >= 4 is 0 Å². The van der Waals surface area contributed by atoms with Crippen LogP contribution in [-0.2, 0) is 7.05 Å². The van der Waals surface area contributed by atoms with Crippen molar-refractivity contribution in [3.8, 4) is 0 Å². The van der Waals surface area contributed by atoms with E-state index in [2.05, 4.69) is 30.9 Å². The van der Waals surface area contributed by atoms with Gasteiger partial charge in [-0.3, -0.25) is 4.68 Å². The highest BCUT2D eigenvalue weighted by Crippen LogP contribution is 2.18.